The Morgan fingerprint density at radius 3 is 2.61 bits per heavy atom. The maximum atomic E-state index is 12.7. The molecular formula is C16H18ClN3O3. The van der Waals surface area contributed by atoms with Crippen LogP contribution in [0.2, 0.25) is 5.02 Å². The van der Waals surface area contributed by atoms with Crippen molar-refractivity contribution in [3.05, 3.63) is 34.5 Å². The lowest BCUT2D eigenvalue weighted by molar-refractivity contribution is -0.119. The summed E-state index contributed by atoms with van der Waals surface area (Å²) in [6.07, 6.45) is 0. The molecule has 0 unspecified atom stereocenters. The summed E-state index contributed by atoms with van der Waals surface area (Å²) < 4.78 is 5.72. The Bertz CT molecular complexity index is 763. The molecule has 1 aromatic carbocycles. The zero-order valence-corrected chi connectivity index (χ0v) is 13.6. The SMILES string of the molecule is Cc1c(C(=O)N2CCN(CC(N)=O)CC2)oc2ccc(Cl)cc12. The molecule has 1 saturated heterocycles. The highest BCUT2D eigenvalue weighted by atomic mass is 35.5. The molecule has 23 heavy (non-hydrogen) atoms. The first-order valence-electron chi connectivity index (χ1n) is 7.44. The zero-order chi connectivity index (χ0) is 16.6. The Hall–Kier alpha value is -2.05. The summed E-state index contributed by atoms with van der Waals surface area (Å²) in [4.78, 5) is 27.3. The summed E-state index contributed by atoms with van der Waals surface area (Å²) in [6, 6.07) is 5.31. The fraction of sp³-hybridized carbons (Fsp3) is 0.375. The second-order valence-corrected chi connectivity index (χ2v) is 6.17. The van der Waals surface area contributed by atoms with Crippen molar-refractivity contribution in [2.24, 2.45) is 5.73 Å². The highest BCUT2D eigenvalue weighted by Crippen LogP contribution is 2.28. The Morgan fingerprint density at radius 2 is 1.96 bits per heavy atom. The van der Waals surface area contributed by atoms with Crippen molar-refractivity contribution in [3.8, 4) is 0 Å². The first-order valence-corrected chi connectivity index (χ1v) is 7.82. The number of amides is 2. The van der Waals surface area contributed by atoms with E-state index in [1.54, 1.807) is 23.1 Å². The standard InChI is InChI=1S/C16H18ClN3O3/c1-10-12-8-11(17)2-3-13(12)23-15(10)16(22)20-6-4-19(5-7-20)9-14(18)21/h2-3,8H,4-7,9H2,1H3,(H2,18,21). The van der Waals surface area contributed by atoms with E-state index in [9.17, 15) is 9.59 Å². The molecule has 1 aromatic heterocycles. The molecule has 1 fully saturated rings. The number of aryl methyl sites for hydroxylation is 1. The van der Waals surface area contributed by atoms with Crippen molar-refractivity contribution in [2.45, 2.75) is 6.92 Å². The number of rotatable bonds is 3. The molecule has 2 heterocycles. The van der Waals surface area contributed by atoms with E-state index < -0.39 is 0 Å². The molecule has 122 valence electrons. The van der Waals surface area contributed by atoms with Crippen molar-refractivity contribution in [2.75, 3.05) is 32.7 Å². The minimum Gasteiger partial charge on any atom is -0.451 e. The molecule has 7 heteroatoms. The van der Waals surface area contributed by atoms with E-state index in [4.69, 9.17) is 21.8 Å². The van der Waals surface area contributed by atoms with Gasteiger partial charge in [0.2, 0.25) is 5.91 Å². The highest BCUT2D eigenvalue weighted by molar-refractivity contribution is 6.31. The lowest BCUT2D eigenvalue weighted by Crippen LogP contribution is -2.50. The van der Waals surface area contributed by atoms with Crippen LogP contribution < -0.4 is 5.73 Å². The van der Waals surface area contributed by atoms with Crippen LogP contribution in [0.25, 0.3) is 11.0 Å². The van der Waals surface area contributed by atoms with Crippen molar-refractivity contribution in [1.82, 2.24) is 9.80 Å². The number of hydrogen-bond donors (Lipinski definition) is 1. The lowest BCUT2D eigenvalue weighted by atomic mass is 10.1. The normalized spacial score (nSPS) is 16.0. The van der Waals surface area contributed by atoms with Crippen LogP contribution in [-0.2, 0) is 4.79 Å². The number of nitrogens with zero attached hydrogens (tertiary/aromatic N) is 2. The van der Waals surface area contributed by atoms with E-state index in [0.29, 0.717) is 42.5 Å². The molecule has 2 N–H and O–H groups in total. The van der Waals surface area contributed by atoms with Gasteiger partial charge in [0.1, 0.15) is 5.58 Å². The van der Waals surface area contributed by atoms with Gasteiger partial charge in [0.05, 0.1) is 6.54 Å². The van der Waals surface area contributed by atoms with Crippen molar-refractivity contribution >= 4 is 34.4 Å². The molecule has 0 aliphatic carbocycles. The quantitative estimate of drug-likeness (QED) is 0.924. The first kappa shape index (κ1) is 15.8. The van der Waals surface area contributed by atoms with Crippen LogP contribution in [0, 0.1) is 6.92 Å². The minimum absolute atomic E-state index is 0.131. The van der Waals surface area contributed by atoms with E-state index in [-0.39, 0.29) is 18.4 Å². The molecule has 0 spiro atoms. The lowest BCUT2D eigenvalue weighted by Gasteiger charge is -2.33. The second kappa shape index (κ2) is 6.22. The number of hydrogen-bond acceptors (Lipinski definition) is 4. The van der Waals surface area contributed by atoms with Crippen LogP contribution in [-0.4, -0.2) is 54.3 Å². The van der Waals surface area contributed by atoms with Gasteiger partial charge in [0.25, 0.3) is 5.91 Å². The Morgan fingerprint density at radius 1 is 1.26 bits per heavy atom. The molecule has 0 atom stereocenters. The monoisotopic (exact) mass is 335 g/mol. The largest absolute Gasteiger partial charge is 0.451 e. The van der Waals surface area contributed by atoms with Gasteiger partial charge in [-0.15, -0.1) is 0 Å². The number of nitrogens with two attached hydrogens (primary N) is 1. The number of piperazine rings is 1. The molecule has 1 aliphatic rings. The number of halogens is 1. The Kier molecular flexibility index (Phi) is 4.28. The first-order chi connectivity index (χ1) is 11.0. The number of primary amides is 1. The second-order valence-electron chi connectivity index (χ2n) is 5.73. The van der Waals surface area contributed by atoms with E-state index >= 15 is 0 Å². The van der Waals surface area contributed by atoms with Gasteiger partial charge >= 0.3 is 0 Å². The van der Waals surface area contributed by atoms with E-state index in [1.165, 1.54) is 0 Å². The molecule has 0 saturated carbocycles. The minimum atomic E-state index is -0.352. The molecule has 3 rings (SSSR count). The van der Waals surface area contributed by atoms with Gasteiger partial charge < -0.3 is 15.1 Å². The number of fused-ring (bicyclic) bond motifs is 1. The van der Waals surface area contributed by atoms with Gasteiger partial charge in [-0.2, -0.15) is 0 Å². The van der Waals surface area contributed by atoms with E-state index in [1.807, 2.05) is 11.8 Å². The molecule has 2 amide bonds. The third-order valence-corrected chi connectivity index (χ3v) is 4.37. The fourth-order valence-corrected chi connectivity index (χ4v) is 3.04. The summed E-state index contributed by atoms with van der Waals surface area (Å²) in [6.45, 7) is 4.43. The highest BCUT2D eigenvalue weighted by Gasteiger charge is 2.27. The van der Waals surface area contributed by atoms with Crippen molar-refractivity contribution in [3.63, 3.8) is 0 Å². The average Bonchev–Trinajstić information content (AvgIpc) is 2.84. The maximum Gasteiger partial charge on any atom is 0.289 e. The summed E-state index contributed by atoms with van der Waals surface area (Å²) in [5.41, 5.74) is 6.65. The molecule has 0 bridgehead atoms. The van der Waals surface area contributed by atoms with Crippen LogP contribution in [0.5, 0.6) is 0 Å². The van der Waals surface area contributed by atoms with Crippen LogP contribution >= 0.6 is 11.6 Å². The van der Waals surface area contributed by atoms with Gasteiger partial charge in [-0.05, 0) is 25.1 Å². The third-order valence-electron chi connectivity index (χ3n) is 4.13. The maximum absolute atomic E-state index is 12.7. The zero-order valence-electron chi connectivity index (χ0n) is 12.8. The van der Waals surface area contributed by atoms with Crippen molar-refractivity contribution in [1.29, 1.82) is 0 Å². The molecular weight excluding hydrogens is 318 g/mol. The molecule has 1 aliphatic heterocycles. The van der Waals surface area contributed by atoms with Gasteiger partial charge in [-0.25, -0.2) is 0 Å². The predicted octanol–water partition coefficient (Wildman–Crippen LogP) is 1.64. The Labute approximate surface area is 138 Å². The van der Waals surface area contributed by atoms with Crippen LogP contribution in [0.4, 0.5) is 0 Å². The molecule has 0 radical (unpaired) electrons. The Balaban J connectivity index is 1.76. The number of benzene rings is 1. The average molecular weight is 336 g/mol. The summed E-state index contributed by atoms with van der Waals surface area (Å²) in [5.74, 6) is -0.131. The van der Waals surface area contributed by atoms with Crippen LogP contribution in [0.1, 0.15) is 16.1 Å². The van der Waals surface area contributed by atoms with E-state index in [2.05, 4.69) is 0 Å². The number of carbonyl (C=O) groups excluding carboxylic acids is 2. The van der Waals surface area contributed by atoms with Gasteiger partial charge in [0, 0.05) is 42.2 Å². The molecule has 2 aromatic rings. The summed E-state index contributed by atoms with van der Waals surface area (Å²) >= 11 is 6.01. The summed E-state index contributed by atoms with van der Waals surface area (Å²) in [5, 5.41) is 1.47. The van der Waals surface area contributed by atoms with Gasteiger partial charge in [-0.1, -0.05) is 11.6 Å². The van der Waals surface area contributed by atoms with Crippen LogP contribution in [0.15, 0.2) is 22.6 Å². The fourth-order valence-electron chi connectivity index (χ4n) is 2.87. The van der Waals surface area contributed by atoms with Gasteiger partial charge in [-0.3, -0.25) is 14.5 Å². The van der Waals surface area contributed by atoms with Crippen molar-refractivity contribution < 1.29 is 14.0 Å². The van der Waals surface area contributed by atoms with Crippen LogP contribution in [0.3, 0.4) is 0 Å². The number of carbonyl (C=O) groups is 2. The van der Waals surface area contributed by atoms with Gasteiger partial charge in [0.15, 0.2) is 5.76 Å². The molecule has 6 nitrogen and oxygen atoms in total. The topological polar surface area (TPSA) is 79.8 Å². The smallest absolute Gasteiger partial charge is 0.289 e. The third kappa shape index (κ3) is 3.18. The van der Waals surface area contributed by atoms with E-state index in [0.717, 1.165) is 10.9 Å². The summed E-state index contributed by atoms with van der Waals surface area (Å²) in [7, 11) is 0. The number of furan rings is 1. The predicted molar refractivity (Wildman–Crippen MR) is 87.5 cm³/mol.